The average molecular weight is 789 g/mol. The first-order chi connectivity index (χ1) is 26.4. The first-order valence-electron chi connectivity index (χ1n) is 21.7. The Balaban J connectivity index is 1.64. The van der Waals surface area contributed by atoms with Crippen molar-refractivity contribution in [2.24, 2.45) is 0 Å². The van der Waals surface area contributed by atoms with Gasteiger partial charge in [-0.05, 0) is 131 Å². The van der Waals surface area contributed by atoms with E-state index in [0.29, 0.717) is 0 Å². The lowest BCUT2D eigenvalue weighted by Gasteiger charge is -2.44. The van der Waals surface area contributed by atoms with Crippen molar-refractivity contribution in [3.8, 4) is 11.1 Å². The molecule has 2 atom stereocenters. The predicted octanol–water partition coefficient (Wildman–Crippen LogP) is 14.2. The van der Waals surface area contributed by atoms with Crippen LogP contribution < -0.4 is 0 Å². The van der Waals surface area contributed by atoms with E-state index in [9.17, 15) is 0 Å². The third kappa shape index (κ3) is 7.76. The van der Waals surface area contributed by atoms with Gasteiger partial charge < -0.3 is 13.3 Å². The number of benzene rings is 3. The van der Waals surface area contributed by atoms with Crippen molar-refractivity contribution in [3.05, 3.63) is 138 Å². The van der Waals surface area contributed by atoms with E-state index in [4.69, 9.17) is 13.3 Å². The molecule has 0 radical (unpaired) electrons. The third-order valence-corrected chi connectivity index (χ3v) is 28.2. The molecule has 0 unspecified atom stereocenters. The highest BCUT2D eigenvalue weighted by Gasteiger charge is 2.45. The third-order valence-electron chi connectivity index (χ3n) is 14.3. The van der Waals surface area contributed by atoms with E-state index in [1.165, 1.54) is 39.0 Å². The summed E-state index contributed by atoms with van der Waals surface area (Å²) in [5.41, 5.74) is 6.88. The molecule has 3 aromatic rings. The van der Waals surface area contributed by atoms with Gasteiger partial charge in [-0.1, -0.05) is 147 Å². The van der Waals surface area contributed by atoms with Gasteiger partial charge in [-0.3, -0.25) is 0 Å². The lowest BCUT2D eigenvalue weighted by molar-refractivity contribution is 0.148. The number of hydrogen-bond acceptors (Lipinski definition) is 3. The van der Waals surface area contributed by atoms with Crippen LogP contribution in [0.25, 0.3) is 16.7 Å². The van der Waals surface area contributed by atoms with Gasteiger partial charge in [-0.2, -0.15) is 0 Å². The van der Waals surface area contributed by atoms with E-state index < -0.39 is 36.2 Å². The summed E-state index contributed by atoms with van der Waals surface area (Å²) in [5.74, 6) is 0. The summed E-state index contributed by atoms with van der Waals surface area (Å²) < 4.78 is 22.7. The monoisotopic (exact) mass is 788 g/mol. The zero-order chi connectivity index (χ0) is 39.5. The second kappa shape index (κ2) is 16.6. The van der Waals surface area contributed by atoms with Crippen LogP contribution in [-0.4, -0.2) is 31.1 Å². The second-order valence-electron chi connectivity index (χ2n) is 16.7. The highest BCUT2D eigenvalue weighted by atomic mass is 28.4. The van der Waals surface area contributed by atoms with Crippen molar-refractivity contribution in [1.82, 2.24) is 0 Å². The Morgan fingerprint density at radius 2 is 0.927 bits per heavy atom. The minimum absolute atomic E-state index is 0.135. The van der Waals surface area contributed by atoms with Gasteiger partial charge in [0.15, 0.2) is 25.0 Å². The smallest absolute Gasteiger partial charge is 0.194 e. The fourth-order valence-electron chi connectivity index (χ4n) is 9.37. The van der Waals surface area contributed by atoms with Crippen molar-refractivity contribution >= 4 is 30.5 Å². The number of allylic oxidation sites excluding steroid dienone is 2. The van der Waals surface area contributed by atoms with E-state index in [0.717, 1.165) is 54.4 Å². The van der Waals surface area contributed by atoms with Gasteiger partial charge in [-0.15, -0.1) is 0 Å². The fraction of sp³-hybridized carbons (Fsp3) is 0.469. The van der Waals surface area contributed by atoms with Gasteiger partial charge in [0.1, 0.15) is 11.2 Å². The molecular weight excluding hydrogens is 721 g/mol. The second-order valence-corrected chi connectivity index (χ2v) is 30.8. The van der Waals surface area contributed by atoms with Crippen LogP contribution in [-0.2, 0) is 29.9 Å². The maximum Gasteiger partial charge on any atom is 0.194 e. The lowest BCUT2D eigenvalue weighted by atomic mass is 9.74. The summed E-state index contributed by atoms with van der Waals surface area (Å²) in [6.07, 6.45) is 16.6. The van der Waals surface area contributed by atoms with Crippen molar-refractivity contribution < 1.29 is 13.3 Å². The minimum Gasteiger partial charge on any atom is -0.407 e. The topological polar surface area (TPSA) is 27.7 Å². The molecule has 0 aliphatic heterocycles. The van der Waals surface area contributed by atoms with Gasteiger partial charge in [0, 0.05) is 5.41 Å². The molecule has 6 heteroatoms. The van der Waals surface area contributed by atoms with Crippen molar-refractivity contribution in [2.75, 3.05) is 0 Å². The van der Waals surface area contributed by atoms with Crippen molar-refractivity contribution in [2.45, 2.75) is 146 Å². The quantitative estimate of drug-likeness (QED) is 0.113. The average Bonchev–Trinajstić information content (AvgIpc) is 3.25. The van der Waals surface area contributed by atoms with Crippen LogP contribution in [0.1, 0.15) is 91.5 Å². The Kier molecular flexibility index (Phi) is 12.6. The molecule has 3 aromatic carbocycles. The molecule has 7 aliphatic carbocycles. The van der Waals surface area contributed by atoms with Crippen LogP contribution >= 0.6 is 0 Å². The van der Waals surface area contributed by atoms with E-state index in [1.807, 2.05) is 0 Å². The fourth-order valence-corrected chi connectivity index (χ4v) is 17.9. The Morgan fingerprint density at radius 1 is 0.473 bits per heavy atom. The first kappa shape index (κ1) is 41.8. The molecule has 10 rings (SSSR count). The number of hydrogen-bond donors (Lipinski definition) is 0. The molecule has 3 nitrogen and oxygen atoms in total. The summed E-state index contributed by atoms with van der Waals surface area (Å²) in [6, 6.07) is 37.5. The van der Waals surface area contributed by atoms with E-state index in [1.54, 1.807) is 0 Å². The molecule has 0 amide bonds. The van der Waals surface area contributed by atoms with Gasteiger partial charge in [0.05, 0.1) is 6.10 Å². The Hall–Kier alpha value is -2.85. The minimum atomic E-state index is -2.12. The maximum atomic E-state index is 7.76. The maximum absolute atomic E-state index is 7.76. The molecular formula is C49H68O3Si3. The van der Waals surface area contributed by atoms with Crippen molar-refractivity contribution in [3.63, 3.8) is 0 Å². The summed E-state index contributed by atoms with van der Waals surface area (Å²) >= 11 is 0. The van der Waals surface area contributed by atoms with Crippen LogP contribution in [0, 0.1) is 0 Å². The Labute approximate surface area is 337 Å². The molecule has 0 heterocycles. The molecule has 7 aliphatic rings. The van der Waals surface area contributed by atoms with Crippen LogP contribution in [0.3, 0.4) is 0 Å². The van der Waals surface area contributed by atoms with Crippen LogP contribution in [0.15, 0.2) is 115 Å². The lowest BCUT2D eigenvalue weighted by Crippen LogP contribution is -2.46. The standard InChI is InChI=1S/C49H68O3Si3/c1-11-53(12-2,13-3)50-46-31-32-49(52-55(17-7,18-8)19-9)38-45(46)41-22-20-21-40(37-41)39-23-25-42(26-24-39)47(10)33-35-48(36-34-47,43-27-29-44(49)30-28-43)51-54(14-4,15-5)16-6/h20-38,46H,11-19H2,1-10H3/t46-,47?,48?,49+/m1/s1. The SMILES string of the molecule is CC[Si](CC)(CC)O[C@@H]1C=C[C@]2(O[Si](CC)(CC)CC)C=C1c1cccc(c1)-c1ccc(cc1)C1(C)C=CC(O[Si](CC)(CC)CC)(C=C1)c1ccc2cc1. The molecule has 0 N–H and O–H groups in total. The first-order valence-corrected chi connectivity index (χ1v) is 29.2. The molecule has 0 saturated carbocycles. The zero-order valence-electron chi connectivity index (χ0n) is 35.6. The largest absolute Gasteiger partial charge is 0.407 e. The predicted molar refractivity (Wildman–Crippen MR) is 243 cm³/mol. The van der Waals surface area contributed by atoms with Crippen LogP contribution in [0.2, 0.25) is 54.4 Å². The van der Waals surface area contributed by atoms with E-state index in [-0.39, 0.29) is 11.5 Å². The van der Waals surface area contributed by atoms with Gasteiger partial charge in [0.2, 0.25) is 0 Å². The molecule has 0 spiro atoms. The summed E-state index contributed by atoms with van der Waals surface area (Å²) in [6.45, 7) is 23.3. The van der Waals surface area contributed by atoms with Crippen LogP contribution in [0.5, 0.6) is 0 Å². The summed E-state index contributed by atoms with van der Waals surface area (Å²) in [7, 11) is -6.12. The molecule has 294 valence electrons. The van der Waals surface area contributed by atoms with E-state index in [2.05, 4.69) is 185 Å². The Bertz CT molecular complexity index is 1860. The summed E-state index contributed by atoms with van der Waals surface area (Å²) in [4.78, 5) is 0. The van der Waals surface area contributed by atoms with E-state index >= 15 is 0 Å². The molecule has 0 saturated heterocycles. The molecule has 0 fully saturated rings. The highest BCUT2D eigenvalue weighted by molar-refractivity contribution is 6.74. The van der Waals surface area contributed by atoms with Crippen LogP contribution in [0.4, 0.5) is 0 Å². The zero-order valence-corrected chi connectivity index (χ0v) is 38.6. The Morgan fingerprint density at radius 3 is 1.44 bits per heavy atom. The molecule has 0 aromatic heterocycles. The van der Waals surface area contributed by atoms with Gasteiger partial charge in [0.25, 0.3) is 0 Å². The summed E-state index contributed by atoms with van der Waals surface area (Å²) in [5, 5.41) is 0. The van der Waals surface area contributed by atoms with Gasteiger partial charge >= 0.3 is 0 Å². The normalized spacial score (nSPS) is 24.6. The highest BCUT2D eigenvalue weighted by Crippen LogP contribution is 2.47. The van der Waals surface area contributed by atoms with Gasteiger partial charge in [-0.25, -0.2) is 0 Å². The molecule has 10 bridgehead atoms. The van der Waals surface area contributed by atoms with Crippen molar-refractivity contribution in [1.29, 1.82) is 0 Å². The molecule has 55 heavy (non-hydrogen) atoms. The number of rotatable bonds is 15.